The summed E-state index contributed by atoms with van der Waals surface area (Å²) in [6.07, 6.45) is 6.67. The summed E-state index contributed by atoms with van der Waals surface area (Å²) in [6.45, 7) is 4.93. The van der Waals surface area contributed by atoms with Gasteiger partial charge in [-0.25, -0.2) is 0 Å². The van der Waals surface area contributed by atoms with Gasteiger partial charge in [0.1, 0.15) is 0 Å². The van der Waals surface area contributed by atoms with E-state index in [-0.39, 0.29) is 24.8 Å². The first-order valence-corrected chi connectivity index (χ1v) is 6.68. The summed E-state index contributed by atoms with van der Waals surface area (Å²) in [5.41, 5.74) is 1.49. The first kappa shape index (κ1) is 17.8. The van der Waals surface area contributed by atoms with E-state index in [1.807, 2.05) is 0 Å². The highest BCUT2D eigenvalue weighted by Crippen LogP contribution is 2.19. The fourth-order valence-electron chi connectivity index (χ4n) is 2.74. The predicted octanol–water partition coefficient (Wildman–Crippen LogP) is 4.34. The fraction of sp³-hybridized carbons (Fsp3) is 0.600. The van der Waals surface area contributed by atoms with E-state index in [2.05, 4.69) is 42.2 Å². The van der Waals surface area contributed by atoms with Gasteiger partial charge in [-0.2, -0.15) is 0 Å². The van der Waals surface area contributed by atoms with Gasteiger partial charge in [-0.15, -0.1) is 24.8 Å². The van der Waals surface area contributed by atoms with Crippen molar-refractivity contribution in [3.63, 3.8) is 0 Å². The maximum atomic E-state index is 2.69. The van der Waals surface area contributed by atoms with Crippen molar-refractivity contribution in [2.75, 3.05) is 13.1 Å². The third kappa shape index (κ3) is 5.17. The molecule has 0 amide bonds. The second-order valence-corrected chi connectivity index (χ2v) is 4.88. The minimum absolute atomic E-state index is 0. The molecule has 1 heterocycles. The third-order valence-electron chi connectivity index (χ3n) is 3.59. The average Bonchev–Trinajstić information content (AvgIpc) is 2.83. The van der Waals surface area contributed by atoms with Crippen LogP contribution in [0, 0.1) is 0 Å². The smallest absolute Gasteiger partial charge is 0.0136 e. The molecule has 1 saturated heterocycles. The molecule has 104 valence electrons. The van der Waals surface area contributed by atoms with Gasteiger partial charge in [0.25, 0.3) is 0 Å². The molecular weight excluding hydrogens is 265 g/mol. The van der Waals surface area contributed by atoms with Crippen molar-refractivity contribution in [3.8, 4) is 0 Å². The maximum absolute atomic E-state index is 2.69. The summed E-state index contributed by atoms with van der Waals surface area (Å²) in [7, 11) is 0. The van der Waals surface area contributed by atoms with Gasteiger partial charge in [0, 0.05) is 6.04 Å². The Kier molecular flexibility index (Phi) is 9.53. The number of benzene rings is 1. The number of halogens is 2. The van der Waals surface area contributed by atoms with Crippen LogP contribution in [0.3, 0.4) is 0 Å². The Labute approximate surface area is 124 Å². The molecule has 0 spiro atoms. The summed E-state index contributed by atoms with van der Waals surface area (Å²) in [5, 5.41) is 0. The Morgan fingerprint density at radius 3 is 2.22 bits per heavy atom. The van der Waals surface area contributed by atoms with Crippen molar-refractivity contribution < 1.29 is 0 Å². The molecule has 2 rings (SSSR count). The van der Waals surface area contributed by atoms with Gasteiger partial charge in [-0.1, -0.05) is 43.7 Å². The van der Waals surface area contributed by atoms with Crippen molar-refractivity contribution >= 4 is 24.8 Å². The van der Waals surface area contributed by atoms with Gasteiger partial charge >= 0.3 is 0 Å². The van der Waals surface area contributed by atoms with Crippen molar-refractivity contribution in [2.24, 2.45) is 0 Å². The number of nitrogens with zero attached hydrogens (tertiary/aromatic N) is 1. The highest BCUT2D eigenvalue weighted by atomic mass is 35.5. The molecule has 1 atom stereocenters. The molecule has 0 bridgehead atoms. The Balaban J connectivity index is 0.00000144. The van der Waals surface area contributed by atoms with Crippen molar-refractivity contribution in [2.45, 2.75) is 45.1 Å². The van der Waals surface area contributed by atoms with Crippen LogP contribution < -0.4 is 0 Å². The monoisotopic (exact) mass is 289 g/mol. The molecule has 0 aromatic heterocycles. The summed E-state index contributed by atoms with van der Waals surface area (Å²) in [5.74, 6) is 0. The lowest BCUT2D eigenvalue weighted by Gasteiger charge is -2.27. The minimum Gasteiger partial charge on any atom is -0.300 e. The number of hydrogen-bond donors (Lipinski definition) is 0. The standard InChI is InChI=1S/C15H23N.2ClH/c1-2-8-15(16-11-6-7-12-16)13-14-9-4-3-5-10-14;;/h3-5,9-10,15H,2,6-8,11-13H2,1H3;2*1H. The van der Waals surface area contributed by atoms with Crippen LogP contribution in [0.5, 0.6) is 0 Å². The lowest BCUT2D eigenvalue weighted by molar-refractivity contribution is 0.227. The van der Waals surface area contributed by atoms with E-state index < -0.39 is 0 Å². The van der Waals surface area contributed by atoms with Gasteiger partial charge in [-0.05, 0) is 44.3 Å². The predicted molar refractivity (Wildman–Crippen MR) is 84.1 cm³/mol. The molecule has 1 nitrogen and oxygen atoms in total. The molecule has 1 aliphatic rings. The van der Waals surface area contributed by atoms with Gasteiger partial charge in [-0.3, -0.25) is 0 Å². The molecule has 0 saturated carbocycles. The molecule has 1 aliphatic heterocycles. The fourth-order valence-corrected chi connectivity index (χ4v) is 2.74. The Morgan fingerprint density at radius 2 is 1.67 bits per heavy atom. The zero-order valence-corrected chi connectivity index (χ0v) is 12.8. The largest absolute Gasteiger partial charge is 0.300 e. The van der Waals surface area contributed by atoms with Crippen molar-refractivity contribution in [3.05, 3.63) is 35.9 Å². The number of rotatable bonds is 5. The number of likely N-dealkylation sites (tertiary alicyclic amines) is 1. The molecule has 1 aromatic carbocycles. The van der Waals surface area contributed by atoms with E-state index in [0.29, 0.717) is 0 Å². The molecule has 0 radical (unpaired) electrons. The highest BCUT2D eigenvalue weighted by molar-refractivity contribution is 5.85. The van der Waals surface area contributed by atoms with Crippen LogP contribution in [0.2, 0.25) is 0 Å². The SMILES string of the molecule is CCCC(Cc1ccccc1)N1CCCC1.Cl.Cl. The first-order chi connectivity index (χ1) is 7.90. The van der Waals surface area contributed by atoms with Crippen molar-refractivity contribution in [1.29, 1.82) is 0 Å². The Bertz CT molecular complexity index is 297. The lowest BCUT2D eigenvalue weighted by atomic mass is 10.0. The quantitative estimate of drug-likeness (QED) is 0.780. The number of hydrogen-bond acceptors (Lipinski definition) is 1. The molecule has 3 heteroatoms. The molecule has 18 heavy (non-hydrogen) atoms. The summed E-state index contributed by atoms with van der Waals surface area (Å²) in [4.78, 5) is 2.69. The highest BCUT2D eigenvalue weighted by Gasteiger charge is 2.21. The van der Waals surface area contributed by atoms with Gasteiger partial charge in [0.15, 0.2) is 0 Å². The first-order valence-electron chi connectivity index (χ1n) is 6.68. The van der Waals surface area contributed by atoms with Crippen LogP contribution in [-0.4, -0.2) is 24.0 Å². The Morgan fingerprint density at radius 1 is 1.06 bits per heavy atom. The van der Waals surface area contributed by atoms with E-state index in [1.165, 1.54) is 50.8 Å². The second-order valence-electron chi connectivity index (χ2n) is 4.88. The third-order valence-corrected chi connectivity index (χ3v) is 3.59. The summed E-state index contributed by atoms with van der Waals surface area (Å²) >= 11 is 0. The molecule has 1 fully saturated rings. The van der Waals surface area contributed by atoms with Crippen LogP contribution in [0.1, 0.15) is 38.2 Å². The van der Waals surface area contributed by atoms with E-state index in [1.54, 1.807) is 0 Å². The van der Waals surface area contributed by atoms with Gasteiger partial charge in [0.05, 0.1) is 0 Å². The van der Waals surface area contributed by atoms with Crippen LogP contribution in [0.15, 0.2) is 30.3 Å². The lowest BCUT2D eigenvalue weighted by Crippen LogP contribution is -2.34. The molecule has 1 aromatic rings. The van der Waals surface area contributed by atoms with Crippen LogP contribution in [0.25, 0.3) is 0 Å². The maximum Gasteiger partial charge on any atom is 0.0136 e. The molecule has 0 aliphatic carbocycles. The molecule has 1 unspecified atom stereocenters. The van der Waals surface area contributed by atoms with Gasteiger partial charge < -0.3 is 4.90 Å². The van der Waals surface area contributed by atoms with Crippen LogP contribution >= 0.6 is 24.8 Å². The van der Waals surface area contributed by atoms with Crippen LogP contribution in [0.4, 0.5) is 0 Å². The van der Waals surface area contributed by atoms with E-state index >= 15 is 0 Å². The zero-order chi connectivity index (χ0) is 11.2. The van der Waals surface area contributed by atoms with Crippen molar-refractivity contribution in [1.82, 2.24) is 4.90 Å². The topological polar surface area (TPSA) is 3.24 Å². The van der Waals surface area contributed by atoms with E-state index in [9.17, 15) is 0 Å². The second kappa shape index (κ2) is 9.66. The molecular formula is C15H25Cl2N. The summed E-state index contributed by atoms with van der Waals surface area (Å²) in [6, 6.07) is 11.7. The molecule has 0 N–H and O–H groups in total. The average molecular weight is 290 g/mol. The van der Waals surface area contributed by atoms with E-state index in [4.69, 9.17) is 0 Å². The normalized spacial score (nSPS) is 16.7. The van der Waals surface area contributed by atoms with Crippen LogP contribution in [-0.2, 0) is 6.42 Å². The van der Waals surface area contributed by atoms with E-state index in [0.717, 1.165) is 6.04 Å². The Hall–Kier alpha value is -0.240. The summed E-state index contributed by atoms with van der Waals surface area (Å²) < 4.78 is 0. The minimum atomic E-state index is 0. The van der Waals surface area contributed by atoms with Gasteiger partial charge in [0.2, 0.25) is 0 Å². The zero-order valence-electron chi connectivity index (χ0n) is 11.2.